The fourth-order valence-corrected chi connectivity index (χ4v) is 3.77. The van der Waals surface area contributed by atoms with Crippen molar-refractivity contribution in [2.45, 2.75) is 18.9 Å². The molecule has 0 radical (unpaired) electrons. The molecule has 0 spiro atoms. The molecule has 8 nitrogen and oxygen atoms in total. The lowest BCUT2D eigenvalue weighted by Crippen LogP contribution is -2.22. The normalized spacial score (nSPS) is 19.2. The summed E-state index contributed by atoms with van der Waals surface area (Å²) in [6.07, 6.45) is 15.8. The second-order valence-corrected chi connectivity index (χ2v) is 7.35. The Morgan fingerprint density at radius 2 is 2.12 bits per heavy atom. The summed E-state index contributed by atoms with van der Waals surface area (Å²) in [4.78, 5) is 4.03. The second kappa shape index (κ2) is 9.49. The van der Waals surface area contributed by atoms with Crippen LogP contribution in [0.25, 0.3) is 5.82 Å². The maximum absolute atomic E-state index is 9.19. The SMILES string of the molecule is COC1=C(/C=C(\Nc2ccc3c(c2)CC/C3=N\O)n2ccncc2=N)C=CC(OC)C=C1. The monoisotopic (exact) mass is 431 g/mol. The Bertz CT molecular complexity index is 1220. The molecule has 0 saturated heterocycles. The van der Waals surface area contributed by atoms with Crippen molar-refractivity contribution < 1.29 is 14.7 Å². The van der Waals surface area contributed by atoms with Gasteiger partial charge in [-0.3, -0.25) is 15.0 Å². The third-order valence-electron chi connectivity index (χ3n) is 5.43. The predicted molar refractivity (Wildman–Crippen MR) is 122 cm³/mol. The summed E-state index contributed by atoms with van der Waals surface area (Å²) in [6, 6.07) is 5.93. The Hall–Kier alpha value is -3.91. The molecule has 164 valence electrons. The highest BCUT2D eigenvalue weighted by atomic mass is 16.5. The Morgan fingerprint density at radius 1 is 1.28 bits per heavy atom. The van der Waals surface area contributed by atoms with Gasteiger partial charge in [0, 0.05) is 36.3 Å². The van der Waals surface area contributed by atoms with Crippen LogP contribution in [0.5, 0.6) is 0 Å². The molecule has 1 aromatic heterocycles. The molecule has 4 rings (SSSR count). The van der Waals surface area contributed by atoms with Crippen molar-refractivity contribution in [2.75, 3.05) is 19.5 Å². The van der Waals surface area contributed by atoms with Crippen molar-refractivity contribution in [1.82, 2.24) is 9.55 Å². The number of aromatic nitrogens is 2. The number of anilines is 1. The minimum absolute atomic E-state index is 0.151. The van der Waals surface area contributed by atoms with Gasteiger partial charge in [-0.2, -0.15) is 0 Å². The fourth-order valence-electron chi connectivity index (χ4n) is 3.77. The van der Waals surface area contributed by atoms with E-state index in [9.17, 15) is 5.21 Å². The molecule has 32 heavy (non-hydrogen) atoms. The minimum atomic E-state index is -0.151. The van der Waals surface area contributed by atoms with E-state index in [4.69, 9.17) is 14.9 Å². The molecule has 0 aliphatic heterocycles. The lowest BCUT2D eigenvalue weighted by atomic mass is 10.1. The molecular formula is C24H25N5O3. The van der Waals surface area contributed by atoms with E-state index in [1.165, 1.54) is 6.20 Å². The zero-order valence-electron chi connectivity index (χ0n) is 17.9. The van der Waals surface area contributed by atoms with Crippen LogP contribution < -0.4 is 10.8 Å². The molecule has 8 heteroatoms. The number of oxime groups is 1. The van der Waals surface area contributed by atoms with E-state index in [1.54, 1.807) is 31.2 Å². The van der Waals surface area contributed by atoms with Crippen LogP contribution in [0.15, 0.2) is 83.7 Å². The number of rotatable bonds is 6. The first kappa shape index (κ1) is 21.3. The maximum Gasteiger partial charge on any atom is 0.149 e. The minimum Gasteiger partial charge on any atom is -0.496 e. The van der Waals surface area contributed by atoms with Crippen molar-refractivity contribution in [1.29, 1.82) is 5.41 Å². The van der Waals surface area contributed by atoms with Gasteiger partial charge in [0.25, 0.3) is 0 Å². The quantitative estimate of drug-likeness (QED) is 0.480. The first-order chi connectivity index (χ1) is 15.6. The second-order valence-electron chi connectivity index (χ2n) is 7.35. The number of aryl methyl sites for hydroxylation is 1. The zero-order valence-corrected chi connectivity index (χ0v) is 17.9. The van der Waals surface area contributed by atoms with Gasteiger partial charge < -0.3 is 20.0 Å². The van der Waals surface area contributed by atoms with E-state index in [-0.39, 0.29) is 11.6 Å². The largest absolute Gasteiger partial charge is 0.496 e. The summed E-state index contributed by atoms with van der Waals surface area (Å²) in [5.41, 5.74) is 4.70. The summed E-state index contributed by atoms with van der Waals surface area (Å²) in [6.45, 7) is 0. The van der Waals surface area contributed by atoms with Gasteiger partial charge in [-0.15, -0.1) is 0 Å². The smallest absolute Gasteiger partial charge is 0.149 e. The van der Waals surface area contributed by atoms with Gasteiger partial charge >= 0.3 is 0 Å². The average Bonchev–Trinajstić information content (AvgIpc) is 3.12. The highest BCUT2D eigenvalue weighted by molar-refractivity contribution is 6.04. The zero-order chi connectivity index (χ0) is 22.5. The molecule has 2 aromatic rings. The van der Waals surface area contributed by atoms with E-state index in [0.29, 0.717) is 17.3 Å². The van der Waals surface area contributed by atoms with Crippen LogP contribution in [-0.2, 0) is 15.9 Å². The van der Waals surface area contributed by atoms with Crippen molar-refractivity contribution in [3.05, 3.63) is 95.1 Å². The molecule has 0 bridgehead atoms. The number of ether oxygens (including phenoxy) is 2. The van der Waals surface area contributed by atoms with Crippen LogP contribution in [0.2, 0.25) is 0 Å². The topological polar surface area (TPSA) is 105 Å². The summed E-state index contributed by atoms with van der Waals surface area (Å²) >= 11 is 0. The highest BCUT2D eigenvalue weighted by Crippen LogP contribution is 2.27. The van der Waals surface area contributed by atoms with E-state index < -0.39 is 0 Å². The van der Waals surface area contributed by atoms with Crippen LogP contribution in [0, 0.1) is 5.41 Å². The van der Waals surface area contributed by atoms with Gasteiger partial charge in [0.2, 0.25) is 0 Å². The van der Waals surface area contributed by atoms with Gasteiger partial charge in [-0.05, 0) is 48.8 Å². The lowest BCUT2D eigenvalue weighted by molar-refractivity contribution is 0.177. The number of fused-ring (bicyclic) bond motifs is 1. The van der Waals surface area contributed by atoms with Gasteiger partial charge in [0.05, 0.1) is 25.1 Å². The third kappa shape index (κ3) is 4.40. The van der Waals surface area contributed by atoms with Crippen LogP contribution in [0.3, 0.4) is 0 Å². The average molecular weight is 431 g/mol. The van der Waals surface area contributed by atoms with E-state index in [2.05, 4.69) is 15.5 Å². The Balaban J connectivity index is 1.77. The van der Waals surface area contributed by atoms with Crippen molar-refractivity contribution in [3.8, 4) is 0 Å². The molecule has 3 N–H and O–H groups in total. The first-order valence-corrected chi connectivity index (χ1v) is 10.2. The predicted octanol–water partition coefficient (Wildman–Crippen LogP) is 3.44. The molecule has 0 amide bonds. The molecule has 0 saturated carbocycles. The standard InChI is InChI=1S/C24H25N5O3/c1-31-19-6-3-17(22(32-2)10-7-19)14-24(29-12-11-26-15-23(29)25)27-18-5-8-20-16(13-18)4-9-21(20)28-30/h3,5-8,10-15,19,25,27,30H,4,9H2,1-2H3/b24-14+,25-23?,28-21+. The molecule has 1 atom stereocenters. The number of nitrogens with zero attached hydrogens (tertiary/aromatic N) is 3. The number of nitrogens with one attached hydrogen (secondary N) is 2. The Labute approximate surface area is 186 Å². The summed E-state index contributed by atoms with van der Waals surface area (Å²) in [5.74, 6) is 1.34. The van der Waals surface area contributed by atoms with Crippen molar-refractivity contribution in [3.63, 3.8) is 0 Å². The number of hydrogen-bond acceptors (Lipinski definition) is 7. The summed E-state index contributed by atoms with van der Waals surface area (Å²) in [7, 11) is 3.28. The van der Waals surface area contributed by atoms with Crippen LogP contribution in [0.4, 0.5) is 5.69 Å². The molecule has 1 aromatic carbocycles. The number of methoxy groups -OCH3 is 2. The highest BCUT2D eigenvalue weighted by Gasteiger charge is 2.19. The summed E-state index contributed by atoms with van der Waals surface area (Å²) < 4.78 is 12.7. The Morgan fingerprint density at radius 3 is 2.88 bits per heavy atom. The van der Waals surface area contributed by atoms with Gasteiger partial charge in [-0.1, -0.05) is 23.4 Å². The van der Waals surface area contributed by atoms with Crippen molar-refractivity contribution >= 4 is 17.2 Å². The van der Waals surface area contributed by atoms with Crippen molar-refractivity contribution in [2.24, 2.45) is 5.16 Å². The van der Waals surface area contributed by atoms with Crippen LogP contribution in [0.1, 0.15) is 17.5 Å². The molecule has 1 heterocycles. The number of benzene rings is 1. The Kier molecular flexibility index (Phi) is 6.32. The molecule has 0 fully saturated rings. The summed E-state index contributed by atoms with van der Waals surface area (Å²) in [5, 5.41) is 24.4. The molecule has 2 aliphatic rings. The fraction of sp³-hybridized carbons (Fsp3) is 0.208. The van der Waals surface area contributed by atoms with E-state index >= 15 is 0 Å². The van der Waals surface area contributed by atoms with Crippen LogP contribution in [-0.4, -0.2) is 40.8 Å². The van der Waals surface area contributed by atoms with Gasteiger partial charge in [0.1, 0.15) is 17.1 Å². The molecule has 2 aliphatic carbocycles. The van der Waals surface area contributed by atoms with Crippen LogP contribution >= 0.6 is 0 Å². The van der Waals surface area contributed by atoms with Gasteiger partial charge in [0.15, 0.2) is 0 Å². The molecular weight excluding hydrogens is 406 g/mol. The van der Waals surface area contributed by atoms with E-state index in [1.807, 2.05) is 48.6 Å². The maximum atomic E-state index is 9.19. The lowest BCUT2D eigenvalue weighted by Gasteiger charge is -2.16. The molecule has 1 unspecified atom stereocenters. The first-order valence-electron chi connectivity index (χ1n) is 10.2. The number of allylic oxidation sites excluding steroid dienone is 4. The van der Waals surface area contributed by atoms with E-state index in [0.717, 1.165) is 35.2 Å². The third-order valence-corrected chi connectivity index (χ3v) is 5.43. The van der Waals surface area contributed by atoms with Gasteiger partial charge in [-0.25, -0.2) is 0 Å². The number of hydrogen-bond donors (Lipinski definition) is 3.